The second-order valence-electron chi connectivity index (χ2n) is 2.73. The normalized spacial score (nSPS) is 17.2. The molecule has 0 unspecified atom stereocenters. The maximum absolute atomic E-state index is 8.57. The Morgan fingerprint density at radius 2 is 2.36 bits per heavy atom. The summed E-state index contributed by atoms with van der Waals surface area (Å²) in [4.78, 5) is 1.64. The van der Waals surface area contributed by atoms with Crippen molar-refractivity contribution in [3.05, 3.63) is 5.82 Å². The van der Waals surface area contributed by atoms with Crippen LogP contribution < -0.4 is 0 Å². The van der Waals surface area contributed by atoms with E-state index in [0.717, 1.165) is 12.8 Å². The molecular weight excluding hydrogens is 144 g/mol. The average Bonchev–Trinajstić information content (AvgIpc) is 2.75. The van der Waals surface area contributed by atoms with Gasteiger partial charge in [0.05, 0.1) is 12.6 Å². The molecule has 0 saturated heterocycles. The Morgan fingerprint density at radius 1 is 1.55 bits per heavy atom. The molecule has 1 saturated carbocycles. The van der Waals surface area contributed by atoms with Crippen molar-refractivity contribution in [2.45, 2.75) is 25.3 Å². The van der Waals surface area contributed by atoms with Crippen molar-refractivity contribution in [1.29, 1.82) is 0 Å². The van der Waals surface area contributed by atoms with Crippen LogP contribution in [0.4, 0.5) is 0 Å². The lowest BCUT2D eigenvalue weighted by Gasteiger charge is -1.88. The number of aliphatic hydroxyl groups is 1. The molecule has 1 aliphatic carbocycles. The largest absolute Gasteiger partial charge is 0.396 e. The quantitative estimate of drug-likeness (QED) is 0.640. The highest BCUT2D eigenvalue weighted by atomic mass is 16.3. The number of rotatable bonds is 3. The molecule has 0 atom stereocenters. The molecule has 1 N–H and O–H groups in total. The van der Waals surface area contributed by atoms with E-state index in [4.69, 9.17) is 5.11 Å². The fraction of sp³-hybridized carbons (Fsp3) is 0.833. The fourth-order valence-electron chi connectivity index (χ4n) is 0.916. The zero-order valence-corrected chi connectivity index (χ0v) is 6.14. The van der Waals surface area contributed by atoms with E-state index in [0.29, 0.717) is 18.3 Å². The average molecular weight is 154 g/mol. The summed E-state index contributed by atoms with van der Waals surface area (Å²) in [7, 11) is 0. The van der Waals surface area contributed by atoms with Crippen LogP contribution in [-0.2, 0) is 6.42 Å². The number of nitrogens with zero attached hydrogens (tertiary/aromatic N) is 4. The summed E-state index contributed by atoms with van der Waals surface area (Å²) in [5.41, 5.74) is 0. The second-order valence-corrected chi connectivity index (χ2v) is 2.73. The second kappa shape index (κ2) is 2.58. The third-order valence-corrected chi connectivity index (χ3v) is 1.68. The number of tetrazole rings is 1. The van der Waals surface area contributed by atoms with Gasteiger partial charge in [-0.2, -0.15) is 4.80 Å². The molecule has 1 aromatic heterocycles. The van der Waals surface area contributed by atoms with Crippen LogP contribution in [0.25, 0.3) is 0 Å². The van der Waals surface area contributed by atoms with Gasteiger partial charge in [0.2, 0.25) is 0 Å². The van der Waals surface area contributed by atoms with Crippen LogP contribution in [0.5, 0.6) is 0 Å². The van der Waals surface area contributed by atoms with Crippen molar-refractivity contribution in [3.8, 4) is 0 Å². The highest BCUT2D eigenvalue weighted by molar-refractivity contribution is 4.81. The summed E-state index contributed by atoms with van der Waals surface area (Å²) in [6.07, 6.45) is 2.83. The van der Waals surface area contributed by atoms with Crippen molar-refractivity contribution in [1.82, 2.24) is 20.2 Å². The van der Waals surface area contributed by atoms with Crippen molar-refractivity contribution in [2.24, 2.45) is 0 Å². The van der Waals surface area contributed by atoms with E-state index < -0.39 is 0 Å². The molecule has 1 heterocycles. The van der Waals surface area contributed by atoms with Crippen LogP contribution in [0.2, 0.25) is 0 Å². The maximum Gasteiger partial charge on any atom is 0.177 e. The van der Waals surface area contributed by atoms with E-state index in [-0.39, 0.29) is 6.61 Å². The molecule has 0 bridgehead atoms. The van der Waals surface area contributed by atoms with E-state index in [1.807, 2.05) is 0 Å². The molecule has 0 aromatic carbocycles. The van der Waals surface area contributed by atoms with Gasteiger partial charge >= 0.3 is 0 Å². The first kappa shape index (κ1) is 6.72. The van der Waals surface area contributed by atoms with Gasteiger partial charge in [0.1, 0.15) is 0 Å². The molecule has 5 nitrogen and oxygen atoms in total. The molecule has 5 heteroatoms. The van der Waals surface area contributed by atoms with Gasteiger partial charge in [-0.3, -0.25) is 0 Å². The van der Waals surface area contributed by atoms with Crippen LogP contribution in [0.3, 0.4) is 0 Å². The van der Waals surface area contributed by atoms with Crippen LogP contribution in [0, 0.1) is 0 Å². The van der Waals surface area contributed by atoms with E-state index in [1.54, 1.807) is 4.80 Å². The molecule has 0 spiro atoms. The van der Waals surface area contributed by atoms with Crippen molar-refractivity contribution in [3.63, 3.8) is 0 Å². The van der Waals surface area contributed by atoms with Gasteiger partial charge in [0.15, 0.2) is 5.82 Å². The third kappa shape index (κ3) is 1.37. The van der Waals surface area contributed by atoms with Gasteiger partial charge in [0, 0.05) is 6.42 Å². The standard InChI is InChI=1S/C6H10N4O/c11-4-3-6-7-9-10(8-6)5-1-2-5/h5,11H,1-4H2. The Hall–Kier alpha value is -0.970. The summed E-state index contributed by atoms with van der Waals surface area (Å²) in [6.45, 7) is 0.0936. The minimum atomic E-state index is 0.0936. The van der Waals surface area contributed by atoms with Crippen LogP contribution in [-0.4, -0.2) is 31.9 Å². The zero-order chi connectivity index (χ0) is 7.68. The van der Waals surface area contributed by atoms with E-state index in [9.17, 15) is 0 Å². The van der Waals surface area contributed by atoms with Gasteiger partial charge in [-0.1, -0.05) is 0 Å². The number of hydrogen-bond acceptors (Lipinski definition) is 4. The van der Waals surface area contributed by atoms with E-state index in [1.165, 1.54) is 0 Å². The molecule has 2 rings (SSSR count). The minimum Gasteiger partial charge on any atom is -0.396 e. The Kier molecular flexibility index (Phi) is 1.58. The first-order valence-electron chi connectivity index (χ1n) is 3.79. The SMILES string of the molecule is OCCc1nnn(C2CC2)n1. The molecular formula is C6H10N4O. The molecule has 1 aliphatic rings. The smallest absolute Gasteiger partial charge is 0.177 e. The highest BCUT2D eigenvalue weighted by Crippen LogP contribution is 2.32. The Labute approximate surface area is 64.0 Å². The van der Waals surface area contributed by atoms with Crippen LogP contribution >= 0.6 is 0 Å². The third-order valence-electron chi connectivity index (χ3n) is 1.68. The zero-order valence-electron chi connectivity index (χ0n) is 6.14. The molecule has 11 heavy (non-hydrogen) atoms. The lowest BCUT2D eigenvalue weighted by molar-refractivity contribution is 0.296. The topological polar surface area (TPSA) is 63.8 Å². The summed E-state index contributed by atoms with van der Waals surface area (Å²) in [5, 5.41) is 20.3. The molecule has 0 aliphatic heterocycles. The first-order chi connectivity index (χ1) is 5.40. The molecule has 1 fully saturated rings. The summed E-state index contributed by atoms with van der Waals surface area (Å²) in [6, 6.07) is 0.481. The number of hydrogen-bond donors (Lipinski definition) is 1. The molecule has 1 aromatic rings. The van der Waals surface area contributed by atoms with Gasteiger partial charge in [-0.05, 0) is 18.1 Å². The van der Waals surface area contributed by atoms with Gasteiger partial charge < -0.3 is 5.11 Å². The lowest BCUT2D eigenvalue weighted by Crippen LogP contribution is -1.99. The predicted molar refractivity (Wildman–Crippen MR) is 36.9 cm³/mol. The summed E-state index contributed by atoms with van der Waals surface area (Å²) >= 11 is 0. The fourth-order valence-corrected chi connectivity index (χ4v) is 0.916. The predicted octanol–water partition coefficient (Wildman–Crippen LogP) is -0.457. The summed E-state index contributed by atoms with van der Waals surface area (Å²) in [5.74, 6) is 0.638. The van der Waals surface area contributed by atoms with Gasteiger partial charge in [-0.25, -0.2) is 0 Å². The first-order valence-corrected chi connectivity index (χ1v) is 3.79. The highest BCUT2D eigenvalue weighted by Gasteiger charge is 2.26. The van der Waals surface area contributed by atoms with Crippen LogP contribution in [0.15, 0.2) is 0 Å². The Bertz CT molecular complexity index is 242. The Balaban J connectivity index is 2.06. The van der Waals surface area contributed by atoms with Gasteiger partial charge in [0.25, 0.3) is 0 Å². The van der Waals surface area contributed by atoms with Crippen molar-refractivity contribution < 1.29 is 5.11 Å². The maximum atomic E-state index is 8.57. The lowest BCUT2D eigenvalue weighted by atomic mass is 10.4. The van der Waals surface area contributed by atoms with E-state index in [2.05, 4.69) is 15.4 Å². The van der Waals surface area contributed by atoms with Crippen LogP contribution in [0.1, 0.15) is 24.7 Å². The monoisotopic (exact) mass is 154 g/mol. The van der Waals surface area contributed by atoms with Crippen molar-refractivity contribution in [2.75, 3.05) is 6.61 Å². The summed E-state index contributed by atoms with van der Waals surface area (Å²) < 4.78 is 0. The molecule has 0 amide bonds. The number of aliphatic hydroxyl groups excluding tert-OH is 1. The number of aromatic nitrogens is 4. The van der Waals surface area contributed by atoms with E-state index >= 15 is 0 Å². The molecule has 60 valence electrons. The molecule has 0 radical (unpaired) electrons. The van der Waals surface area contributed by atoms with Gasteiger partial charge in [-0.15, -0.1) is 10.2 Å². The van der Waals surface area contributed by atoms with Crippen molar-refractivity contribution >= 4 is 0 Å². The Morgan fingerprint density at radius 3 is 3.00 bits per heavy atom. The minimum absolute atomic E-state index is 0.0936.